The zero-order chi connectivity index (χ0) is 21.8. The molecule has 0 fully saturated rings. The number of methoxy groups -OCH3 is 2. The highest BCUT2D eigenvalue weighted by Crippen LogP contribution is 2.40. The molecular formula is C23H23BrN2O4S. The Labute approximate surface area is 193 Å². The number of aliphatic imine (C=N–C) groups is 1. The van der Waals surface area contributed by atoms with Crippen LogP contribution in [0, 0.1) is 0 Å². The van der Waals surface area contributed by atoms with Crippen LogP contribution in [0.2, 0.25) is 0 Å². The van der Waals surface area contributed by atoms with Gasteiger partial charge in [-0.05, 0) is 77.0 Å². The Kier molecular flexibility index (Phi) is 6.77. The Morgan fingerprint density at radius 1 is 1.29 bits per heavy atom. The molecule has 0 spiro atoms. The van der Waals surface area contributed by atoms with E-state index in [2.05, 4.69) is 21.2 Å². The Morgan fingerprint density at radius 2 is 2.13 bits per heavy atom. The second-order valence-electron chi connectivity index (χ2n) is 7.15. The molecule has 3 aromatic rings. The van der Waals surface area contributed by atoms with Gasteiger partial charge in [0.15, 0.2) is 11.5 Å². The summed E-state index contributed by atoms with van der Waals surface area (Å²) >= 11 is 5.12. The third-order valence-corrected chi connectivity index (χ3v) is 6.96. The lowest BCUT2D eigenvalue weighted by Crippen LogP contribution is -2.23. The van der Waals surface area contributed by atoms with E-state index in [-0.39, 0.29) is 5.91 Å². The predicted molar refractivity (Wildman–Crippen MR) is 125 cm³/mol. The fraction of sp³-hybridized carbons (Fsp3) is 0.304. The summed E-state index contributed by atoms with van der Waals surface area (Å²) in [4.78, 5) is 19.1. The van der Waals surface area contributed by atoms with E-state index in [1.54, 1.807) is 38.0 Å². The summed E-state index contributed by atoms with van der Waals surface area (Å²) in [6.07, 6.45) is 7.50. The molecule has 1 aliphatic rings. The van der Waals surface area contributed by atoms with Gasteiger partial charge >= 0.3 is 0 Å². The number of aryl methyl sites for hydroxylation is 1. The van der Waals surface area contributed by atoms with Gasteiger partial charge in [0.1, 0.15) is 10.8 Å². The van der Waals surface area contributed by atoms with Crippen LogP contribution >= 0.6 is 27.3 Å². The molecule has 0 saturated carbocycles. The fourth-order valence-electron chi connectivity index (χ4n) is 3.69. The van der Waals surface area contributed by atoms with Crippen molar-refractivity contribution in [3.8, 4) is 11.5 Å². The van der Waals surface area contributed by atoms with Crippen LogP contribution in [0.1, 0.15) is 45.0 Å². The van der Waals surface area contributed by atoms with E-state index >= 15 is 0 Å². The van der Waals surface area contributed by atoms with Gasteiger partial charge in [0.2, 0.25) is 0 Å². The minimum atomic E-state index is -0.114. The number of rotatable bonds is 7. The van der Waals surface area contributed by atoms with E-state index in [4.69, 9.17) is 18.9 Å². The highest BCUT2D eigenvalue weighted by Gasteiger charge is 2.25. The zero-order valence-corrected chi connectivity index (χ0v) is 19.8. The lowest BCUT2D eigenvalue weighted by molar-refractivity contribution is 0.0948. The SMILES string of the molecule is COc1cc(C=Nc2sc3c(c2C(=O)NCc2ccco2)CCCC3)cc(Br)c1OC. The minimum Gasteiger partial charge on any atom is -0.493 e. The summed E-state index contributed by atoms with van der Waals surface area (Å²) in [6.45, 7) is 0.349. The number of carbonyl (C=O) groups excluding carboxylic acids is 1. The second kappa shape index (κ2) is 9.70. The van der Waals surface area contributed by atoms with Crippen LogP contribution in [0.3, 0.4) is 0 Å². The van der Waals surface area contributed by atoms with E-state index < -0.39 is 0 Å². The van der Waals surface area contributed by atoms with Crippen molar-refractivity contribution in [2.45, 2.75) is 32.2 Å². The van der Waals surface area contributed by atoms with Crippen LogP contribution in [-0.2, 0) is 19.4 Å². The van der Waals surface area contributed by atoms with Gasteiger partial charge in [0.05, 0.1) is 37.1 Å². The molecule has 31 heavy (non-hydrogen) atoms. The second-order valence-corrected chi connectivity index (χ2v) is 9.09. The highest BCUT2D eigenvalue weighted by molar-refractivity contribution is 9.10. The van der Waals surface area contributed by atoms with Crippen molar-refractivity contribution in [1.29, 1.82) is 0 Å². The summed E-state index contributed by atoms with van der Waals surface area (Å²) in [5.41, 5.74) is 2.66. The van der Waals surface area contributed by atoms with Crippen LogP contribution in [0.15, 0.2) is 44.4 Å². The van der Waals surface area contributed by atoms with E-state index in [0.29, 0.717) is 23.6 Å². The number of furan rings is 1. The van der Waals surface area contributed by atoms with Crippen LogP contribution < -0.4 is 14.8 Å². The zero-order valence-electron chi connectivity index (χ0n) is 17.4. The number of thiophene rings is 1. The van der Waals surface area contributed by atoms with Crippen molar-refractivity contribution in [1.82, 2.24) is 5.32 Å². The van der Waals surface area contributed by atoms with Gasteiger partial charge in [0, 0.05) is 11.1 Å². The van der Waals surface area contributed by atoms with Crippen LogP contribution in [0.25, 0.3) is 0 Å². The number of halogens is 1. The molecule has 8 heteroatoms. The van der Waals surface area contributed by atoms with Crippen LogP contribution in [-0.4, -0.2) is 26.3 Å². The number of hydrogen-bond donors (Lipinski definition) is 1. The van der Waals surface area contributed by atoms with E-state index in [9.17, 15) is 4.79 Å². The third kappa shape index (κ3) is 4.70. The van der Waals surface area contributed by atoms with Crippen LogP contribution in [0.5, 0.6) is 11.5 Å². The third-order valence-electron chi connectivity index (χ3n) is 5.17. The Hall–Kier alpha value is -2.58. The molecule has 0 unspecified atom stereocenters. The van der Waals surface area contributed by atoms with E-state index in [1.165, 1.54) is 4.88 Å². The molecule has 4 rings (SSSR count). The van der Waals surface area contributed by atoms with Gasteiger partial charge in [-0.2, -0.15) is 0 Å². The summed E-state index contributed by atoms with van der Waals surface area (Å²) < 4.78 is 16.9. The summed E-state index contributed by atoms with van der Waals surface area (Å²) in [7, 11) is 3.19. The lowest BCUT2D eigenvalue weighted by atomic mass is 9.95. The maximum Gasteiger partial charge on any atom is 0.255 e. The molecular weight excluding hydrogens is 480 g/mol. The first-order chi connectivity index (χ1) is 15.1. The minimum absolute atomic E-state index is 0.114. The topological polar surface area (TPSA) is 73.1 Å². The summed E-state index contributed by atoms with van der Waals surface area (Å²) in [6, 6.07) is 7.43. The normalized spacial score (nSPS) is 13.3. The van der Waals surface area contributed by atoms with Crippen molar-refractivity contribution in [2.75, 3.05) is 14.2 Å². The molecule has 1 amide bonds. The fourth-order valence-corrected chi connectivity index (χ4v) is 5.54. The molecule has 6 nitrogen and oxygen atoms in total. The van der Waals surface area contributed by atoms with Crippen molar-refractivity contribution >= 4 is 44.4 Å². The van der Waals surface area contributed by atoms with Crippen LogP contribution in [0.4, 0.5) is 5.00 Å². The van der Waals surface area contributed by atoms with Gasteiger partial charge in [-0.15, -0.1) is 11.3 Å². The molecule has 0 radical (unpaired) electrons. The number of fused-ring (bicyclic) bond motifs is 1. The van der Waals surface area contributed by atoms with Crippen molar-refractivity contribution in [3.63, 3.8) is 0 Å². The smallest absolute Gasteiger partial charge is 0.255 e. The molecule has 0 bridgehead atoms. The highest BCUT2D eigenvalue weighted by atomic mass is 79.9. The average molecular weight is 503 g/mol. The van der Waals surface area contributed by atoms with E-state index in [1.807, 2.05) is 24.3 Å². The number of carbonyl (C=O) groups is 1. The van der Waals surface area contributed by atoms with Gasteiger partial charge in [-0.3, -0.25) is 4.79 Å². The monoisotopic (exact) mass is 502 g/mol. The molecule has 0 saturated heterocycles. The van der Waals surface area contributed by atoms with Crippen molar-refractivity contribution in [2.24, 2.45) is 4.99 Å². The number of amides is 1. The molecule has 0 aliphatic heterocycles. The standard InChI is InChI=1S/C23H23BrN2O4S/c1-28-18-11-14(10-17(24)21(18)29-2)12-26-23-20(16-7-3-4-8-19(16)31-23)22(27)25-13-15-6-5-9-30-15/h5-6,9-12H,3-4,7-8,13H2,1-2H3,(H,25,27). The average Bonchev–Trinajstić information content (AvgIpc) is 3.43. The first-order valence-electron chi connectivity index (χ1n) is 10.0. The maximum atomic E-state index is 13.1. The van der Waals surface area contributed by atoms with Crippen molar-refractivity contribution in [3.05, 3.63) is 62.3 Å². The quantitative estimate of drug-likeness (QED) is 0.421. The molecule has 1 N–H and O–H groups in total. The number of nitrogens with zero attached hydrogens (tertiary/aromatic N) is 1. The lowest BCUT2D eigenvalue weighted by Gasteiger charge is -2.12. The largest absolute Gasteiger partial charge is 0.493 e. The molecule has 1 aromatic carbocycles. The Morgan fingerprint density at radius 3 is 2.87 bits per heavy atom. The molecule has 1 aliphatic carbocycles. The summed E-state index contributed by atoms with van der Waals surface area (Å²) in [5.74, 6) is 1.85. The molecule has 2 aromatic heterocycles. The summed E-state index contributed by atoms with van der Waals surface area (Å²) in [5, 5.41) is 3.71. The Balaban J connectivity index is 1.64. The number of hydrogen-bond acceptors (Lipinski definition) is 6. The molecule has 162 valence electrons. The number of ether oxygens (including phenoxy) is 2. The maximum absolute atomic E-state index is 13.1. The molecule has 2 heterocycles. The van der Waals surface area contributed by atoms with Gasteiger partial charge in [0.25, 0.3) is 5.91 Å². The predicted octanol–water partition coefficient (Wildman–Crippen LogP) is 5.68. The van der Waals surface area contributed by atoms with Gasteiger partial charge in [-0.1, -0.05) is 0 Å². The number of nitrogens with one attached hydrogen (secondary N) is 1. The number of benzene rings is 1. The van der Waals surface area contributed by atoms with Gasteiger partial charge < -0.3 is 19.2 Å². The molecule has 0 atom stereocenters. The Bertz CT molecular complexity index is 1110. The van der Waals surface area contributed by atoms with Crippen molar-refractivity contribution < 1.29 is 18.7 Å². The first kappa shape index (κ1) is 21.6. The van der Waals surface area contributed by atoms with E-state index in [0.717, 1.165) is 52.0 Å². The van der Waals surface area contributed by atoms with Gasteiger partial charge in [-0.25, -0.2) is 4.99 Å². The first-order valence-corrected chi connectivity index (χ1v) is 11.6.